The van der Waals surface area contributed by atoms with Gasteiger partial charge in [-0.05, 0) is 17.7 Å². The highest BCUT2D eigenvalue weighted by molar-refractivity contribution is 6.09. The van der Waals surface area contributed by atoms with Crippen LogP contribution in [0.3, 0.4) is 0 Å². The lowest BCUT2D eigenvalue weighted by Crippen LogP contribution is -2.28. The molecule has 3 N–H and O–H groups in total. The zero-order valence-corrected chi connectivity index (χ0v) is 14.7. The average Bonchev–Trinajstić information content (AvgIpc) is 2.72. The van der Waals surface area contributed by atoms with Gasteiger partial charge in [-0.3, -0.25) is 19.7 Å². The number of carbonyl (C=O) groups excluding carboxylic acids is 2. The predicted molar refractivity (Wildman–Crippen MR) is 105 cm³/mol. The van der Waals surface area contributed by atoms with Crippen molar-refractivity contribution in [1.29, 1.82) is 0 Å². The quantitative estimate of drug-likeness (QED) is 0.373. The third-order valence-corrected chi connectivity index (χ3v) is 4.21. The van der Waals surface area contributed by atoms with Crippen LogP contribution in [0.5, 0.6) is 0 Å². The van der Waals surface area contributed by atoms with Crippen molar-refractivity contribution in [3.05, 3.63) is 106 Å². The fourth-order valence-electron chi connectivity index (χ4n) is 2.82. The van der Waals surface area contributed by atoms with Crippen LogP contribution in [-0.4, -0.2) is 16.6 Å². The number of nitro groups is 1. The minimum Gasteiger partial charge on any atom is -0.368 e. The summed E-state index contributed by atoms with van der Waals surface area (Å²) in [5.41, 5.74) is 6.44. The Kier molecular flexibility index (Phi) is 5.45. The van der Waals surface area contributed by atoms with Crippen molar-refractivity contribution in [2.75, 3.05) is 5.32 Å². The Bertz CT molecular complexity index is 1020. The van der Waals surface area contributed by atoms with Gasteiger partial charge in [0.15, 0.2) is 5.78 Å². The average molecular weight is 375 g/mol. The van der Waals surface area contributed by atoms with E-state index in [1.54, 1.807) is 60.7 Å². The minimum atomic E-state index is -0.949. The number of nitrogens with zero attached hydrogens (tertiary/aromatic N) is 1. The summed E-state index contributed by atoms with van der Waals surface area (Å²) in [7, 11) is 0. The number of nitrogens with two attached hydrogens (primary N) is 1. The van der Waals surface area contributed by atoms with E-state index >= 15 is 0 Å². The molecule has 0 fully saturated rings. The van der Waals surface area contributed by atoms with Gasteiger partial charge in [-0.2, -0.15) is 0 Å². The van der Waals surface area contributed by atoms with E-state index in [1.165, 1.54) is 18.2 Å². The number of amides is 1. The first-order valence-corrected chi connectivity index (χ1v) is 8.46. The largest absolute Gasteiger partial charge is 0.368 e. The number of hydrogen-bond acceptors (Lipinski definition) is 5. The maximum Gasteiger partial charge on any atom is 0.293 e. The van der Waals surface area contributed by atoms with Crippen molar-refractivity contribution in [3.8, 4) is 0 Å². The summed E-state index contributed by atoms with van der Waals surface area (Å²) < 4.78 is 0. The summed E-state index contributed by atoms with van der Waals surface area (Å²) in [6.07, 6.45) is 0. The molecule has 0 radical (unpaired) electrons. The molecule has 0 aliphatic carbocycles. The van der Waals surface area contributed by atoms with Gasteiger partial charge in [0.05, 0.1) is 4.92 Å². The van der Waals surface area contributed by atoms with E-state index in [1.807, 2.05) is 0 Å². The summed E-state index contributed by atoms with van der Waals surface area (Å²) in [6.45, 7) is 0. The van der Waals surface area contributed by atoms with Crippen molar-refractivity contribution >= 4 is 23.1 Å². The molecule has 3 aromatic rings. The van der Waals surface area contributed by atoms with E-state index in [-0.39, 0.29) is 22.7 Å². The molecular weight excluding hydrogens is 358 g/mol. The molecule has 0 spiro atoms. The van der Waals surface area contributed by atoms with E-state index in [2.05, 4.69) is 5.32 Å². The fourth-order valence-corrected chi connectivity index (χ4v) is 2.82. The Labute approximate surface area is 161 Å². The normalized spacial score (nSPS) is 11.4. The molecule has 1 unspecified atom stereocenters. The van der Waals surface area contributed by atoms with E-state index in [4.69, 9.17) is 5.73 Å². The molecule has 3 rings (SSSR count). The molecule has 1 atom stereocenters. The van der Waals surface area contributed by atoms with Gasteiger partial charge in [0.1, 0.15) is 11.7 Å². The molecule has 7 nitrogen and oxygen atoms in total. The van der Waals surface area contributed by atoms with Crippen LogP contribution in [0.25, 0.3) is 0 Å². The Morgan fingerprint density at radius 1 is 0.893 bits per heavy atom. The molecule has 7 heteroatoms. The lowest BCUT2D eigenvalue weighted by atomic mass is 10.0. The van der Waals surface area contributed by atoms with Crippen LogP contribution in [0.2, 0.25) is 0 Å². The molecule has 0 aliphatic rings. The predicted octanol–water partition coefficient (Wildman–Crippen LogP) is 3.46. The highest BCUT2D eigenvalue weighted by Gasteiger charge is 2.24. The highest BCUT2D eigenvalue weighted by Crippen LogP contribution is 2.30. The Hall–Kier alpha value is -4.00. The first-order valence-electron chi connectivity index (χ1n) is 8.46. The zero-order chi connectivity index (χ0) is 20.1. The Morgan fingerprint density at radius 2 is 1.50 bits per heavy atom. The lowest BCUT2D eigenvalue weighted by Gasteiger charge is -2.17. The Morgan fingerprint density at radius 3 is 2.07 bits per heavy atom. The van der Waals surface area contributed by atoms with Crippen molar-refractivity contribution < 1.29 is 14.5 Å². The van der Waals surface area contributed by atoms with Crippen molar-refractivity contribution in [2.45, 2.75) is 6.04 Å². The number of rotatable bonds is 7. The number of ketones is 1. The third kappa shape index (κ3) is 4.04. The molecule has 0 heterocycles. The number of hydrogen-bond donors (Lipinski definition) is 2. The topological polar surface area (TPSA) is 115 Å². The van der Waals surface area contributed by atoms with Gasteiger partial charge >= 0.3 is 0 Å². The lowest BCUT2D eigenvalue weighted by molar-refractivity contribution is -0.384. The second-order valence-electron chi connectivity index (χ2n) is 6.07. The smallest absolute Gasteiger partial charge is 0.293 e. The van der Waals surface area contributed by atoms with E-state index in [0.717, 1.165) is 0 Å². The number of carbonyl (C=O) groups is 2. The number of anilines is 1. The van der Waals surface area contributed by atoms with Crippen molar-refractivity contribution in [1.82, 2.24) is 0 Å². The van der Waals surface area contributed by atoms with E-state index in [9.17, 15) is 19.7 Å². The maximum absolute atomic E-state index is 12.6. The van der Waals surface area contributed by atoms with E-state index in [0.29, 0.717) is 11.1 Å². The molecule has 28 heavy (non-hydrogen) atoms. The SMILES string of the molecule is NC(=O)C(Nc1ccc(C(=O)c2ccccc2)cc1[N+](=O)[O-])c1ccccc1. The second kappa shape index (κ2) is 8.13. The van der Waals surface area contributed by atoms with Gasteiger partial charge < -0.3 is 11.1 Å². The first kappa shape index (κ1) is 18.8. The summed E-state index contributed by atoms with van der Waals surface area (Å²) >= 11 is 0. The molecule has 0 bridgehead atoms. The minimum absolute atomic E-state index is 0.0993. The fraction of sp³-hybridized carbons (Fsp3) is 0.0476. The summed E-state index contributed by atoms with van der Waals surface area (Å²) in [4.78, 5) is 35.4. The molecular formula is C21H17N3O4. The molecule has 140 valence electrons. The number of nitrogens with one attached hydrogen (secondary N) is 1. The Balaban J connectivity index is 1.96. The second-order valence-corrected chi connectivity index (χ2v) is 6.07. The van der Waals surface area contributed by atoms with Crippen LogP contribution in [0, 0.1) is 10.1 Å². The van der Waals surface area contributed by atoms with Gasteiger partial charge in [0.25, 0.3) is 5.69 Å². The highest BCUT2D eigenvalue weighted by atomic mass is 16.6. The monoisotopic (exact) mass is 375 g/mol. The third-order valence-electron chi connectivity index (χ3n) is 4.21. The van der Waals surface area contributed by atoms with Crippen molar-refractivity contribution in [2.24, 2.45) is 5.73 Å². The van der Waals surface area contributed by atoms with Crippen LogP contribution >= 0.6 is 0 Å². The summed E-state index contributed by atoms with van der Waals surface area (Å²) in [6, 6.07) is 20.3. The maximum atomic E-state index is 12.6. The van der Waals surface area contributed by atoms with Crippen molar-refractivity contribution in [3.63, 3.8) is 0 Å². The van der Waals surface area contributed by atoms with Gasteiger partial charge in [-0.25, -0.2) is 0 Å². The van der Waals surface area contributed by atoms with Crippen LogP contribution in [0.1, 0.15) is 27.5 Å². The number of nitro benzene ring substituents is 1. The molecule has 0 saturated carbocycles. The molecule has 0 aromatic heterocycles. The van der Waals surface area contributed by atoms with Crippen LogP contribution < -0.4 is 11.1 Å². The van der Waals surface area contributed by atoms with Gasteiger partial charge in [0.2, 0.25) is 5.91 Å². The van der Waals surface area contributed by atoms with Crippen LogP contribution in [0.15, 0.2) is 78.9 Å². The first-order chi connectivity index (χ1) is 13.5. The summed E-state index contributed by atoms with van der Waals surface area (Å²) in [5.74, 6) is -1.00. The van der Waals surface area contributed by atoms with Crippen LogP contribution in [0.4, 0.5) is 11.4 Å². The molecule has 3 aromatic carbocycles. The molecule has 1 amide bonds. The standard InChI is InChI=1S/C21H17N3O4/c22-21(26)19(14-7-3-1-4-8-14)23-17-12-11-16(13-18(17)24(27)28)20(25)15-9-5-2-6-10-15/h1-13,19,23H,(H2,22,26). The summed E-state index contributed by atoms with van der Waals surface area (Å²) in [5, 5.41) is 14.4. The molecule has 0 aliphatic heterocycles. The van der Waals surface area contributed by atoms with Gasteiger partial charge in [-0.1, -0.05) is 60.7 Å². The van der Waals surface area contributed by atoms with Gasteiger partial charge in [0, 0.05) is 17.2 Å². The number of benzene rings is 3. The van der Waals surface area contributed by atoms with Gasteiger partial charge in [-0.15, -0.1) is 0 Å². The molecule has 0 saturated heterocycles. The zero-order valence-electron chi connectivity index (χ0n) is 14.7. The van der Waals surface area contributed by atoms with Crippen LogP contribution in [-0.2, 0) is 4.79 Å². The number of primary amides is 1. The van der Waals surface area contributed by atoms with E-state index < -0.39 is 16.9 Å².